The molecule has 0 aliphatic carbocycles. The Morgan fingerprint density at radius 2 is 1.75 bits per heavy atom. The van der Waals surface area contributed by atoms with Crippen molar-refractivity contribution in [3.8, 4) is 5.75 Å². The van der Waals surface area contributed by atoms with Gasteiger partial charge in [-0.2, -0.15) is 0 Å². The van der Waals surface area contributed by atoms with E-state index in [2.05, 4.69) is 11.4 Å². The molecule has 0 saturated heterocycles. The first kappa shape index (κ1) is 15.2. The van der Waals surface area contributed by atoms with E-state index in [1.165, 1.54) is 0 Å². The van der Waals surface area contributed by atoms with E-state index in [0.29, 0.717) is 10.0 Å². The van der Waals surface area contributed by atoms with Gasteiger partial charge in [-0.05, 0) is 36.8 Å². The van der Waals surface area contributed by atoms with E-state index < -0.39 is 0 Å². The van der Waals surface area contributed by atoms with Crippen LogP contribution in [0.2, 0.25) is 10.0 Å². The van der Waals surface area contributed by atoms with Crippen LogP contribution in [0.3, 0.4) is 0 Å². The van der Waals surface area contributed by atoms with Crippen molar-refractivity contribution in [3.05, 3.63) is 63.6 Å². The Bertz CT molecular complexity index is 566. The second-order valence-electron chi connectivity index (χ2n) is 4.59. The van der Waals surface area contributed by atoms with Gasteiger partial charge in [-0.3, -0.25) is 0 Å². The summed E-state index contributed by atoms with van der Waals surface area (Å²) in [6.45, 7) is 2.77. The highest BCUT2D eigenvalue weighted by molar-refractivity contribution is 6.36. The summed E-state index contributed by atoms with van der Waals surface area (Å²) in [6, 6.07) is 13.6. The van der Waals surface area contributed by atoms with Crippen molar-refractivity contribution in [2.75, 3.05) is 7.11 Å². The smallest absolute Gasteiger partial charge is 0.119 e. The van der Waals surface area contributed by atoms with E-state index >= 15 is 0 Å². The summed E-state index contributed by atoms with van der Waals surface area (Å²) in [5.74, 6) is 0.854. The quantitative estimate of drug-likeness (QED) is 0.852. The van der Waals surface area contributed by atoms with Gasteiger partial charge in [-0.15, -0.1) is 0 Å². The molecule has 106 valence electrons. The second-order valence-corrected chi connectivity index (χ2v) is 5.40. The van der Waals surface area contributed by atoms with Crippen LogP contribution in [0, 0.1) is 0 Å². The topological polar surface area (TPSA) is 21.3 Å². The van der Waals surface area contributed by atoms with Crippen molar-refractivity contribution >= 4 is 23.2 Å². The van der Waals surface area contributed by atoms with Gasteiger partial charge in [-0.1, -0.05) is 41.4 Å². The normalized spacial score (nSPS) is 12.2. The Morgan fingerprint density at radius 1 is 1.10 bits per heavy atom. The zero-order chi connectivity index (χ0) is 14.5. The van der Waals surface area contributed by atoms with Gasteiger partial charge >= 0.3 is 0 Å². The summed E-state index contributed by atoms with van der Waals surface area (Å²) in [5.41, 5.74) is 2.08. The Kier molecular flexibility index (Phi) is 5.30. The van der Waals surface area contributed by atoms with E-state index in [-0.39, 0.29) is 6.04 Å². The Hall–Kier alpha value is -1.22. The fourth-order valence-corrected chi connectivity index (χ4v) is 2.80. The molecule has 2 aromatic carbocycles. The molecule has 1 unspecified atom stereocenters. The largest absolute Gasteiger partial charge is 0.497 e. The van der Waals surface area contributed by atoms with Gasteiger partial charge in [0.25, 0.3) is 0 Å². The number of benzene rings is 2. The summed E-state index contributed by atoms with van der Waals surface area (Å²) in [5, 5.41) is 4.79. The highest BCUT2D eigenvalue weighted by Gasteiger charge is 2.13. The van der Waals surface area contributed by atoms with Gasteiger partial charge in [0, 0.05) is 28.2 Å². The lowest BCUT2D eigenvalue weighted by Crippen LogP contribution is -2.18. The highest BCUT2D eigenvalue weighted by atomic mass is 35.5. The maximum Gasteiger partial charge on any atom is 0.119 e. The van der Waals surface area contributed by atoms with E-state index in [0.717, 1.165) is 23.4 Å². The predicted molar refractivity (Wildman–Crippen MR) is 84.7 cm³/mol. The third-order valence-electron chi connectivity index (χ3n) is 3.18. The molecule has 1 N–H and O–H groups in total. The first-order valence-electron chi connectivity index (χ1n) is 6.42. The van der Waals surface area contributed by atoms with E-state index in [1.54, 1.807) is 7.11 Å². The average molecular weight is 310 g/mol. The molecule has 0 saturated carbocycles. The minimum absolute atomic E-state index is 0.0717. The fraction of sp³-hybridized carbons (Fsp3) is 0.250. The van der Waals surface area contributed by atoms with Crippen LogP contribution in [0.15, 0.2) is 42.5 Å². The molecule has 20 heavy (non-hydrogen) atoms. The number of ether oxygens (including phenoxy) is 1. The minimum atomic E-state index is 0.0717. The molecule has 0 spiro atoms. The molecule has 2 nitrogen and oxygen atoms in total. The monoisotopic (exact) mass is 309 g/mol. The SMILES string of the molecule is COc1cccc(CNC(C)c2c(Cl)cccc2Cl)c1. The summed E-state index contributed by atoms with van der Waals surface area (Å²) < 4.78 is 5.21. The van der Waals surface area contributed by atoms with Crippen LogP contribution < -0.4 is 10.1 Å². The van der Waals surface area contributed by atoms with Crippen LogP contribution in [-0.4, -0.2) is 7.11 Å². The minimum Gasteiger partial charge on any atom is -0.497 e. The van der Waals surface area contributed by atoms with Crippen LogP contribution in [0.4, 0.5) is 0 Å². The van der Waals surface area contributed by atoms with Gasteiger partial charge in [0.15, 0.2) is 0 Å². The average Bonchev–Trinajstić information content (AvgIpc) is 2.45. The summed E-state index contributed by atoms with van der Waals surface area (Å²) in [7, 11) is 1.67. The first-order valence-corrected chi connectivity index (χ1v) is 7.17. The zero-order valence-corrected chi connectivity index (χ0v) is 13.0. The van der Waals surface area contributed by atoms with Crippen molar-refractivity contribution in [1.29, 1.82) is 0 Å². The summed E-state index contributed by atoms with van der Waals surface area (Å²) in [6.07, 6.45) is 0. The maximum absolute atomic E-state index is 6.21. The second kappa shape index (κ2) is 6.98. The summed E-state index contributed by atoms with van der Waals surface area (Å²) in [4.78, 5) is 0. The predicted octanol–water partition coefficient (Wildman–Crippen LogP) is 4.85. The third kappa shape index (κ3) is 3.66. The van der Waals surface area contributed by atoms with Crippen molar-refractivity contribution in [2.24, 2.45) is 0 Å². The van der Waals surface area contributed by atoms with Crippen molar-refractivity contribution < 1.29 is 4.74 Å². The van der Waals surface area contributed by atoms with Gasteiger partial charge < -0.3 is 10.1 Å². The Labute approximate surface area is 129 Å². The molecule has 2 rings (SSSR count). The molecule has 1 atom stereocenters. The molecule has 0 heterocycles. The fourth-order valence-electron chi connectivity index (χ4n) is 2.08. The van der Waals surface area contributed by atoms with E-state index in [9.17, 15) is 0 Å². The number of hydrogen-bond acceptors (Lipinski definition) is 2. The molecule has 0 bridgehead atoms. The maximum atomic E-state index is 6.21. The molecule has 0 aromatic heterocycles. The molecule has 0 aliphatic heterocycles. The van der Waals surface area contributed by atoms with Crippen molar-refractivity contribution in [1.82, 2.24) is 5.32 Å². The third-order valence-corrected chi connectivity index (χ3v) is 3.84. The lowest BCUT2D eigenvalue weighted by Gasteiger charge is -2.17. The van der Waals surface area contributed by atoms with Crippen LogP contribution in [0.1, 0.15) is 24.1 Å². The lowest BCUT2D eigenvalue weighted by atomic mass is 10.1. The number of halogens is 2. The number of hydrogen-bond donors (Lipinski definition) is 1. The first-order chi connectivity index (χ1) is 9.61. The number of methoxy groups -OCH3 is 1. The molecule has 2 aromatic rings. The van der Waals surface area contributed by atoms with Gasteiger partial charge in [-0.25, -0.2) is 0 Å². The molecule has 0 radical (unpaired) electrons. The van der Waals surface area contributed by atoms with Gasteiger partial charge in [0.05, 0.1) is 7.11 Å². The molecular formula is C16H17Cl2NO. The standard InChI is InChI=1S/C16H17Cl2NO/c1-11(16-14(17)7-4-8-15(16)18)19-10-12-5-3-6-13(9-12)20-2/h3-9,11,19H,10H2,1-2H3. The molecule has 4 heteroatoms. The summed E-state index contributed by atoms with van der Waals surface area (Å²) >= 11 is 12.4. The molecule has 0 amide bonds. The van der Waals surface area contributed by atoms with E-state index in [4.69, 9.17) is 27.9 Å². The highest BCUT2D eigenvalue weighted by Crippen LogP contribution is 2.30. The molecule has 0 fully saturated rings. The molecule has 0 aliphatic rings. The Balaban J connectivity index is 2.06. The van der Waals surface area contributed by atoms with Crippen LogP contribution in [0.5, 0.6) is 5.75 Å². The van der Waals surface area contributed by atoms with Crippen molar-refractivity contribution in [3.63, 3.8) is 0 Å². The van der Waals surface area contributed by atoms with Gasteiger partial charge in [0.1, 0.15) is 5.75 Å². The van der Waals surface area contributed by atoms with E-state index in [1.807, 2.05) is 43.3 Å². The number of rotatable bonds is 5. The van der Waals surface area contributed by atoms with Crippen LogP contribution in [0.25, 0.3) is 0 Å². The van der Waals surface area contributed by atoms with Crippen LogP contribution >= 0.6 is 23.2 Å². The van der Waals surface area contributed by atoms with Gasteiger partial charge in [0.2, 0.25) is 0 Å². The number of nitrogens with one attached hydrogen (secondary N) is 1. The molecular weight excluding hydrogens is 293 g/mol. The lowest BCUT2D eigenvalue weighted by molar-refractivity contribution is 0.414. The van der Waals surface area contributed by atoms with Crippen LogP contribution in [-0.2, 0) is 6.54 Å². The zero-order valence-electron chi connectivity index (χ0n) is 11.5. The van der Waals surface area contributed by atoms with Crippen molar-refractivity contribution in [2.45, 2.75) is 19.5 Å². The Morgan fingerprint density at radius 3 is 2.40 bits per heavy atom.